The molecule has 3 aromatic carbocycles. The molecule has 36 heavy (non-hydrogen) atoms. The van der Waals surface area contributed by atoms with Gasteiger partial charge in [-0.05, 0) is 61.7 Å². The van der Waals surface area contributed by atoms with Crippen LogP contribution in [0.1, 0.15) is 37.5 Å². The van der Waals surface area contributed by atoms with Gasteiger partial charge in [0.05, 0.1) is 5.75 Å². The van der Waals surface area contributed by atoms with Crippen LogP contribution in [0.15, 0.2) is 83.3 Å². The van der Waals surface area contributed by atoms with Crippen LogP contribution >= 0.6 is 39.3 Å². The van der Waals surface area contributed by atoms with Crippen LogP contribution in [0.25, 0.3) is 0 Å². The molecule has 0 aliphatic rings. The molecule has 2 amide bonds. The highest BCUT2D eigenvalue weighted by molar-refractivity contribution is 9.10. The Morgan fingerprint density at radius 1 is 0.944 bits per heavy atom. The van der Waals surface area contributed by atoms with E-state index in [2.05, 4.69) is 21.2 Å². The van der Waals surface area contributed by atoms with Crippen LogP contribution in [-0.2, 0) is 28.3 Å². The van der Waals surface area contributed by atoms with E-state index in [1.54, 1.807) is 4.90 Å². The Morgan fingerprint density at radius 2 is 1.61 bits per heavy atom. The molecule has 0 spiro atoms. The average molecular weight is 588 g/mol. The molecule has 0 saturated carbocycles. The SMILES string of the molecule is CC(C)(C)NC(=O)[C@@H](Cc1ccccc1)N(Cc1cccc(Br)c1)C(=O)CSCc1ccc(Cl)cc1. The number of carbonyl (C=O) groups excluding carboxylic acids is 2. The highest BCUT2D eigenvalue weighted by Gasteiger charge is 2.32. The quantitative estimate of drug-likeness (QED) is 0.281. The Bertz CT molecular complexity index is 1150. The number of carbonyl (C=O) groups is 2. The van der Waals surface area contributed by atoms with Gasteiger partial charge >= 0.3 is 0 Å². The van der Waals surface area contributed by atoms with Crippen LogP contribution in [0, 0.1) is 0 Å². The van der Waals surface area contributed by atoms with Crippen molar-refractivity contribution in [2.24, 2.45) is 0 Å². The van der Waals surface area contributed by atoms with E-state index in [0.29, 0.717) is 23.7 Å². The molecule has 7 heteroatoms. The standard InChI is InChI=1S/C29H32BrClN2O2S/c1-29(2,3)32-28(35)26(17-21-8-5-4-6-9-21)33(18-23-10-7-11-24(30)16-23)27(34)20-36-19-22-12-14-25(31)15-13-22/h4-16,26H,17-20H2,1-3H3,(H,32,35)/t26-/m1/s1. The first-order valence-electron chi connectivity index (χ1n) is 11.8. The molecule has 0 radical (unpaired) electrons. The van der Waals surface area contributed by atoms with Gasteiger partial charge in [0.15, 0.2) is 0 Å². The zero-order chi connectivity index (χ0) is 26.1. The Kier molecular flexibility index (Phi) is 10.5. The zero-order valence-electron chi connectivity index (χ0n) is 20.8. The second kappa shape index (κ2) is 13.3. The van der Waals surface area contributed by atoms with Crippen LogP contribution in [0.3, 0.4) is 0 Å². The highest BCUT2D eigenvalue weighted by atomic mass is 79.9. The van der Waals surface area contributed by atoms with Gasteiger partial charge in [-0.2, -0.15) is 0 Å². The molecule has 0 saturated heterocycles. The predicted octanol–water partition coefficient (Wildman–Crippen LogP) is 6.89. The number of amides is 2. The lowest BCUT2D eigenvalue weighted by atomic mass is 10.0. The molecule has 0 heterocycles. The van der Waals surface area contributed by atoms with E-state index in [9.17, 15) is 9.59 Å². The monoisotopic (exact) mass is 586 g/mol. The fourth-order valence-corrected chi connectivity index (χ4v) is 5.20. The third-order valence-corrected chi connectivity index (χ3v) is 7.15. The van der Waals surface area contributed by atoms with Gasteiger partial charge in [0, 0.05) is 33.8 Å². The minimum Gasteiger partial charge on any atom is -0.350 e. The van der Waals surface area contributed by atoms with E-state index >= 15 is 0 Å². The summed E-state index contributed by atoms with van der Waals surface area (Å²) in [7, 11) is 0. The van der Waals surface area contributed by atoms with Crippen LogP contribution < -0.4 is 5.32 Å². The molecular formula is C29H32BrClN2O2S. The first-order chi connectivity index (χ1) is 17.1. The molecule has 0 bridgehead atoms. The smallest absolute Gasteiger partial charge is 0.243 e. The third-order valence-electron chi connectivity index (χ3n) is 5.42. The van der Waals surface area contributed by atoms with E-state index in [-0.39, 0.29) is 17.6 Å². The van der Waals surface area contributed by atoms with Crippen molar-refractivity contribution in [2.75, 3.05) is 5.75 Å². The summed E-state index contributed by atoms with van der Waals surface area (Å²) >= 11 is 11.1. The number of nitrogens with one attached hydrogen (secondary N) is 1. The summed E-state index contributed by atoms with van der Waals surface area (Å²) in [5, 5.41) is 3.79. The number of thioether (sulfide) groups is 1. The number of hydrogen-bond donors (Lipinski definition) is 1. The lowest BCUT2D eigenvalue weighted by Crippen LogP contribution is -2.54. The molecule has 0 aliphatic heterocycles. The zero-order valence-corrected chi connectivity index (χ0v) is 24.0. The van der Waals surface area contributed by atoms with Gasteiger partial charge < -0.3 is 10.2 Å². The fourth-order valence-electron chi connectivity index (χ4n) is 3.76. The molecule has 0 unspecified atom stereocenters. The van der Waals surface area contributed by atoms with Crippen molar-refractivity contribution in [3.63, 3.8) is 0 Å². The molecule has 1 atom stereocenters. The molecule has 190 valence electrons. The van der Waals surface area contributed by atoms with Crippen molar-refractivity contribution in [2.45, 2.75) is 51.1 Å². The lowest BCUT2D eigenvalue weighted by molar-refractivity contribution is -0.140. The van der Waals surface area contributed by atoms with Crippen LogP contribution in [0.4, 0.5) is 0 Å². The highest BCUT2D eigenvalue weighted by Crippen LogP contribution is 2.21. The Hall–Kier alpha value is -2.28. The Labute approximate surface area is 231 Å². The number of benzene rings is 3. The Morgan fingerprint density at radius 3 is 2.25 bits per heavy atom. The van der Waals surface area contributed by atoms with E-state index in [1.165, 1.54) is 11.8 Å². The number of rotatable bonds is 10. The summed E-state index contributed by atoms with van der Waals surface area (Å²) in [6.45, 7) is 6.20. The van der Waals surface area contributed by atoms with E-state index in [4.69, 9.17) is 11.6 Å². The van der Waals surface area contributed by atoms with Gasteiger partial charge in [0.25, 0.3) is 0 Å². The average Bonchev–Trinajstić information content (AvgIpc) is 2.82. The van der Waals surface area contributed by atoms with Gasteiger partial charge in [0.2, 0.25) is 11.8 Å². The van der Waals surface area contributed by atoms with Crippen molar-refractivity contribution in [3.8, 4) is 0 Å². The molecule has 3 rings (SSSR count). The lowest BCUT2D eigenvalue weighted by Gasteiger charge is -2.34. The molecule has 3 aromatic rings. The van der Waals surface area contributed by atoms with E-state index in [1.807, 2.05) is 99.6 Å². The van der Waals surface area contributed by atoms with Gasteiger partial charge in [-0.25, -0.2) is 0 Å². The topological polar surface area (TPSA) is 49.4 Å². The summed E-state index contributed by atoms with van der Waals surface area (Å²) in [6, 6.07) is 24.7. The summed E-state index contributed by atoms with van der Waals surface area (Å²) in [4.78, 5) is 29.0. The summed E-state index contributed by atoms with van der Waals surface area (Å²) in [6.07, 6.45) is 0.435. The second-order valence-corrected chi connectivity index (χ2v) is 12.1. The molecule has 0 fully saturated rings. The van der Waals surface area contributed by atoms with Crippen molar-refractivity contribution >= 4 is 51.1 Å². The van der Waals surface area contributed by atoms with Crippen molar-refractivity contribution in [1.29, 1.82) is 0 Å². The molecule has 0 aromatic heterocycles. The number of halogens is 2. The number of hydrogen-bond acceptors (Lipinski definition) is 3. The largest absolute Gasteiger partial charge is 0.350 e. The molecular weight excluding hydrogens is 556 g/mol. The van der Waals surface area contributed by atoms with Gasteiger partial charge in [-0.1, -0.05) is 82.1 Å². The summed E-state index contributed by atoms with van der Waals surface area (Å²) in [5.41, 5.74) is 2.65. The summed E-state index contributed by atoms with van der Waals surface area (Å²) in [5.74, 6) is 0.729. The normalized spacial score (nSPS) is 12.1. The van der Waals surface area contributed by atoms with Crippen LogP contribution in [-0.4, -0.2) is 34.0 Å². The second-order valence-electron chi connectivity index (χ2n) is 9.72. The first-order valence-corrected chi connectivity index (χ1v) is 14.2. The van der Waals surface area contributed by atoms with Gasteiger partial charge in [-0.15, -0.1) is 11.8 Å². The third kappa shape index (κ3) is 9.30. The maximum absolute atomic E-state index is 13.7. The summed E-state index contributed by atoms with van der Waals surface area (Å²) < 4.78 is 0.934. The van der Waals surface area contributed by atoms with Crippen molar-refractivity contribution < 1.29 is 9.59 Å². The van der Waals surface area contributed by atoms with E-state index < -0.39 is 11.6 Å². The van der Waals surface area contributed by atoms with Gasteiger partial charge in [-0.3, -0.25) is 9.59 Å². The van der Waals surface area contributed by atoms with Crippen molar-refractivity contribution in [3.05, 3.63) is 105 Å². The molecule has 0 aliphatic carbocycles. The van der Waals surface area contributed by atoms with Crippen LogP contribution in [0.5, 0.6) is 0 Å². The maximum Gasteiger partial charge on any atom is 0.243 e. The predicted molar refractivity (Wildman–Crippen MR) is 154 cm³/mol. The minimum absolute atomic E-state index is 0.0704. The maximum atomic E-state index is 13.7. The van der Waals surface area contributed by atoms with Crippen LogP contribution in [0.2, 0.25) is 5.02 Å². The van der Waals surface area contributed by atoms with E-state index in [0.717, 1.165) is 21.2 Å². The fraction of sp³-hybridized carbons (Fsp3) is 0.310. The first kappa shape index (κ1) is 28.3. The molecule has 1 N–H and O–H groups in total. The number of nitrogens with zero attached hydrogens (tertiary/aromatic N) is 1. The molecule has 4 nitrogen and oxygen atoms in total. The Balaban J connectivity index is 1.86. The van der Waals surface area contributed by atoms with Crippen molar-refractivity contribution in [1.82, 2.24) is 10.2 Å². The van der Waals surface area contributed by atoms with Gasteiger partial charge in [0.1, 0.15) is 6.04 Å². The minimum atomic E-state index is -0.644.